The van der Waals surface area contributed by atoms with Crippen LogP contribution in [0.5, 0.6) is 0 Å². The van der Waals surface area contributed by atoms with Gasteiger partial charge in [-0.25, -0.2) is 9.97 Å². The Balaban J connectivity index is 2.20. The maximum absolute atomic E-state index is 5.73. The van der Waals surface area contributed by atoms with Crippen LogP contribution in [0.15, 0.2) is 12.5 Å². The molecule has 0 unspecified atom stereocenters. The fourth-order valence-corrected chi connectivity index (χ4v) is 2.14. The largest absolute Gasteiger partial charge is 0.368 e. The van der Waals surface area contributed by atoms with Gasteiger partial charge < -0.3 is 10.7 Å². The van der Waals surface area contributed by atoms with E-state index >= 15 is 0 Å². The lowest BCUT2D eigenvalue weighted by Gasteiger charge is -2.01. The lowest BCUT2D eigenvalue weighted by molar-refractivity contribution is 0.598. The summed E-state index contributed by atoms with van der Waals surface area (Å²) in [7, 11) is 0. The number of nitrogens with zero attached hydrogens (tertiary/aromatic N) is 5. The first-order valence-corrected chi connectivity index (χ1v) is 6.20. The van der Waals surface area contributed by atoms with Crippen LogP contribution in [0.25, 0.3) is 22.4 Å². The second kappa shape index (κ2) is 4.34. The highest BCUT2D eigenvalue weighted by Crippen LogP contribution is 2.26. The predicted molar refractivity (Wildman–Crippen MR) is 72.3 cm³/mol. The topological polar surface area (TPSA) is 98.3 Å². The monoisotopic (exact) mass is 257 g/mol. The van der Waals surface area contributed by atoms with Crippen molar-refractivity contribution in [2.45, 2.75) is 26.8 Å². The van der Waals surface area contributed by atoms with E-state index in [-0.39, 0.29) is 5.95 Å². The highest BCUT2D eigenvalue weighted by atomic mass is 15.3. The summed E-state index contributed by atoms with van der Waals surface area (Å²) in [6.07, 6.45) is 4.61. The number of rotatable bonds is 3. The number of aromatic nitrogens is 6. The maximum Gasteiger partial charge on any atom is 0.222 e. The number of H-pyrrole nitrogens is 1. The van der Waals surface area contributed by atoms with E-state index in [0.29, 0.717) is 5.65 Å². The van der Waals surface area contributed by atoms with Crippen LogP contribution >= 0.6 is 0 Å². The Morgan fingerprint density at radius 3 is 3.00 bits per heavy atom. The molecule has 0 saturated carbocycles. The molecular weight excluding hydrogens is 242 g/mol. The van der Waals surface area contributed by atoms with Crippen LogP contribution in [0.1, 0.15) is 19.0 Å². The molecule has 0 fully saturated rings. The predicted octanol–water partition coefficient (Wildman–Crippen LogP) is 1.52. The quantitative estimate of drug-likeness (QED) is 0.741. The van der Waals surface area contributed by atoms with Gasteiger partial charge in [0.1, 0.15) is 11.2 Å². The minimum absolute atomic E-state index is 0.220. The highest BCUT2D eigenvalue weighted by molar-refractivity contribution is 5.88. The summed E-state index contributed by atoms with van der Waals surface area (Å²) < 4.78 is 1.92. The number of hydrogen-bond acceptors (Lipinski definition) is 5. The van der Waals surface area contributed by atoms with Crippen LogP contribution in [0.2, 0.25) is 0 Å². The van der Waals surface area contributed by atoms with Gasteiger partial charge in [0.05, 0.1) is 12.0 Å². The molecule has 0 saturated heterocycles. The number of nitrogens with one attached hydrogen (secondary N) is 1. The summed E-state index contributed by atoms with van der Waals surface area (Å²) in [6.45, 7) is 4.96. The van der Waals surface area contributed by atoms with E-state index in [2.05, 4.69) is 32.0 Å². The van der Waals surface area contributed by atoms with E-state index < -0.39 is 0 Å². The maximum atomic E-state index is 5.73. The standard InChI is InChI=1S/C12H15N7/c1-3-4-19-5-8(7(2)18-19)9-10-11(15-6-14-10)17-12(13)16-9/h5-6H,3-4H2,1-2H3,(H3,13,14,15,16,17). The molecule has 0 aliphatic heterocycles. The van der Waals surface area contributed by atoms with Crippen LogP contribution in [-0.4, -0.2) is 29.7 Å². The van der Waals surface area contributed by atoms with Gasteiger partial charge in [-0.2, -0.15) is 10.1 Å². The molecule has 0 aromatic carbocycles. The van der Waals surface area contributed by atoms with Crippen LogP contribution in [0.3, 0.4) is 0 Å². The van der Waals surface area contributed by atoms with Crippen LogP contribution in [0.4, 0.5) is 5.95 Å². The van der Waals surface area contributed by atoms with Gasteiger partial charge in [0, 0.05) is 18.3 Å². The normalized spacial score (nSPS) is 11.3. The number of imidazole rings is 1. The lowest BCUT2D eigenvalue weighted by atomic mass is 10.2. The molecule has 3 rings (SSSR count). The van der Waals surface area contributed by atoms with Crippen molar-refractivity contribution >= 4 is 17.1 Å². The van der Waals surface area contributed by atoms with Gasteiger partial charge in [0.15, 0.2) is 5.65 Å². The molecule has 7 heteroatoms. The third-order valence-electron chi connectivity index (χ3n) is 2.96. The summed E-state index contributed by atoms with van der Waals surface area (Å²) in [6, 6.07) is 0. The Labute approximate surface area is 109 Å². The van der Waals surface area contributed by atoms with Crippen molar-refractivity contribution in [2.24, 2.45) is 0 Å². The molecule has 3 N–H and O–H groups in total. The lowest BCUT2D eigenvalue weighted by Crippen LogP contribution is -1.98. The third-order valence-corrected chi connectivity index (χ3v) is 2.96. The molecule has 0 aliphatic rings. The first-order chi connectivity index (χ1) is 9.19. The Morgan fingerprint density at radius 2 is 2.21 bits per heavy atom. The molecule has 98 valence electrons. The SMILES string of the molecule is CCCn1cc(-c2nc(N)nc3nc[nH]c23)c(C)n1. The number of aryl methyl sites for hydroxylation is 2. The Bertz CT molecular complexity index is 725. The van der Waals surface area contributed by atoms with Gasteiger partial charge in [-0.05, 0) is 13.3 Å². The fraction of sp³-hybridized carbons (Fsp3) is 0.333. The van der Waals surface area contributed by atoms with E-state index in [4.69, 9.17) is 5.73 Å². The summed E-state index contributed by atoms with van der Waals surface area (Å²) >= 11 is 0. The fourth-order valence-electron chi connectivity index (χ4n) is 2.14. The van der Waals surface area contributed by atoms with Crippen molar-refractivity contribution in [3.05, 3.63) is 18.2 Å². The van der Waals surface area contributed by atoms with Crippen LogP contribution in [-0.2, 0) is 6.54 Å². The highest BCUT2D eigenvalue weighted by Gasteiger charge is 2.15. The van der Waals surface area contributed by atoms with Gasteiger partial charge >= 0.3 is 0 Å². The summed E-state index contributed by atoms with van der Waals surface area (Å²) in [5.74, 6) is 0.220. The van der Waals surface area contributed by atoms with E-state index in [1.807, 2.05) is 17.8 Å². The Kier molecular flexibility index (Phi) is 2.66. The van der Waals surface area contributed by atoms with Crippen molar-refractivity contribution < 1.29 is 0 Å². The number of nitrogen functional groups attached to an aromatic ring is 1. The number of hydrogen-bond donors (Lipinski definition) is 2. The van der Waals surface area contributed by atoms with Crippen molar-refractivity contribution in [3.63, 3.8) is 0 Å². The van der Waals surface area contributed by atoms with Crippen molar-refractivity contribution in [2.75, 3.05) is 5.73 Å². The zero-order chi connectivity index (χ0) is 13.4. The molecule has 0 amide bonds. The average Bonchev–Trinajstić information content (AvgIpc) is 2.95. The Hall–Kier alpha value is -2.44. The minimum Gasteiger partial charge on any atom is -0.368 e. The zero-order valence-electron chi connectivity index (χ0n) is 10.9. The molecule has 3 aromatic rings. The van der Waals surface area contributed by atoms with Gasteiger partial charge in [-0.3, -0.25) is 4.68 Å². The van der Waals surface area contributed by atoms with Crippen molar-refractivity contribution in [1.29, 1.82) is 0 Å². The van der Waals surface area contributed by atoms with Gasteiger partial charge in [0.2, 0.25) is 5.95 Å². The molecule has 19 heavy (non-hydrogen) atoms. The average molecular weight is 257 g/mol. The summed E-state index contributed by atoms with van der Waals surface area (Å²) in [5.41, 5.74) is 9.72. The van der Waals surface area contributed by atoms with Crippen molar-refractivity contribution in [3.8, 4) is 11.3 Å². The molecule has 7 nitrogen and oxygen atoms in total. The van der Waals surface area contributed by atoms with Crippen molar-refractivity contribution in [1.82, 2.24) is 29.7 Å². The van der Waals surface area contributed by atoms with E-state index in [1.54, 1.807) is 6.33 Å². The van der Waals surface area contributed by atoms with Crippen LogP contribution < -0.4 is 5.73 Å². The second-order valence-electron chi connectivity index (χ2n) is 4.42. The first kappa shape index (κ1) is 11.6. The molecule has 0 spiro atoms. The summed E-state index contributed by atoms with van der Waals surface area (Å²) in [4.78, 5) is 15.6. The summed E-state index contributed by atoms with van der Waals surface area (Å²) in [5, 5.41) is 4.48. The number of nitrogens with two attached hydrogens (primary N) is 1. The zero-order valence-corrected chi connectivity index (χ0v) is 10.9. The molecular formula is C12H15N7. The molecule has 3 aromatic heterocycles. The van der Waals surface area contributed by atoms with E-state index in [0.717, 1.165) is 35.4 Å². The smallest absolute Gasteiger partial charge is 0.222 e. The molecule has 3 heterocycles. The number of aromatic amines is 1. The van der Waals surface area contributed by atoms with Gasteiger partial charge in [-0.1, -0.05) is 6.92 Å². The minimum atomic E-state index is 0.220. The van der Waals surface area contributed by atoms with Gasteiger partial charge in [-0.15, -0.1) is 0 Å². The number of anilines is 1. The molecule has 0 radical (unpaired) electrons. The first-order valence-electron chi connectivity index (χ1n) is 6.20. The second-order valence-corrected chi connectivity index (χ2v) is 4.42. The molecule has 0 bridgehead atoms. The third kappa shape index (κ3) is 1.92. The van der Waals surface area contributed by atoms with E-state index in [1.165, 1.54) is 0 Å². The van der Waals surface area contributed by atoms with Gasteiger partial charge in [0.25, 0.3) is 0 Å². The molecule has 0 aliphatic carbocycles. The Morgan fingerprint density at radius 1 is 1.37 bits per heavy atom. The number of fused-ring (bicyclic) bond motifs is 1. The van der Waals surface area contributed by atoms with E-state index in [9.17, 15) is 0 Å². The van der Waals surface area contributed by atoms with Crippen LogP contribution in [0, 0.1) is 6.92 Å². The molecule has 0 atom stereocenters.